The summed E-state index contributed by atoms with van der Waals surface area (Å²) in [4.78, 5) is 32.5. The van der Waals surface area contributed by atoms with Gasteiger partial charge < -0.3 is 24.2 Å². The normalized spacial score (nSPS) is 16.0. The van der Waals surface area contributed by atoms with Crippen molar-refractivity contribution < 1.29 is 23.5 Å². The van der Waals surface area contributed by atoms with E-state index >= 15 is 0 Å². The molecule has 2 aliphatic heterocycles. The molecule has 0 bridgehead atoms. The largest absolute Gasteiger partial charge is 0.493 e. The Hall–Kier alpha value is -4.07. The van der Waals surface area contributed by atoms with Crippen molar-refractivity contribution in [2.75, 3.05) is 45.3 Å². The molecule has 1 saturated heterocycles. The number of hydrogen-bond donors (Lipinski definition) is 0. The van der Waals surface area contributed by atoms with Crippen LogP contribution in [-0.2, 0) is 11.3 Å². The van der Waals surface area contributed by atoms with Crippen LogP contribution in [0.2, 0.25) is 0 Å². The molecule has 0 unspecified atom stereocenters. The molecular formula is C29H30FN3O4. The van der Waals surface area contributed by atoms with Crippen LogP contribution in [0, 0.1) is 5.82 Å². The Labute approximate surface area is 216 Å². The number of methoxy groups -OCH3 is 2. The van der Waals surface area contributed by atoms with E-state index in [0.717, 1.165) is 11.1 Å². The summed E-state index contributed by atoms with van der Waals surface area (Å²) in [6.45, 7) is 2.49. The first-order valence-corrected chi connectivity index (χ1v) is 12.4. The maximum Gasteiger partial charge on any atom is 0.255 e. The number of carbonyl (C=O) groups is 2. The molecule has 192 valence electrons. The second-order valence-electron chi connectivity index (χ2n) is 9.24. The number of rotatable bonds is 7. The lowest BCUT2D eigenvalue weighted by Crippen LogP contribution is -2.49. The van der Waals surface area contributed by atoms with E-state index in [-0.39, 0.29) is 24.1 Å². The minimum absolute atomic E-state index is 0.0447. The van der Waals surface area contributed by atoms with Gasteiger partial charge in [0.15, 0.2) is 11.5 Å². The van der Waals surface area contributed by atoms with Crippen LogP contribution in [0.1, 0.15) is 33.9 Å². The summed E-state index contributed by atoms with van der Waals surface area (Å²) < 4.78 is 25.1. The molecule has 8 heteroatoms. The predicted molar refractivity (Wildman–Crippen MR) is 138 cm³/mol. The molecule has 0 aliphatic carbocycles. The highest BCUT2D eigenvalue weighted by atomic mass is 19.1. The lowest BCUT2D eigenvalue weighted by Gasteiger charge is -2.37. The van der Waals surface area contributed by atoms with Gasteiger partial charge in [-0.3, -0.25) is 9.59 Å². The fourth-order valence-electron chi connectivity index (χ4n) is 5.20. The summed E-state index contributed by atoms with van der Waals surface area (Å²) in [5.74, 6) is 0.726. The quantitative estimate of drug-likeness (QED) is 0.482. The number of hydrogen-bond acceptors (Lipinski definition) is 5. The summed E-state index contributed by atoms with van der Waals surface area (Å²) in [6, 6.07) is 19.3. The van der Waals surface area contributed by atoms with Crippen molar-refractivity contribution in [3.8, 4) is 11.5 Å². The van der Waals surface area contributed by atoms with E-state index in [1.807, 2.05) is 47.4 Å². The first kappa shape index (κ1) is 24.6. The summed E-state index contributed by atoms with van der Waals surface area (Å²) in [5, 5.41) is 0. The SMILES string of the molecule is COc1ccc([C@@H](CC(=O)N2CCN(c3ccccc3F)CC2)N2Cc3ccccc3C2=O)cc1OC. The summed E-state index contributed by atoms with van der Waals surface area (Å²) >= 11 is 0. The molecule has 2 aliphatic rings. The average molecular weight is 504 g/mol. The van der Waals surface area contributed by atoms with Crippen LogP contribution < -0.4 is 14.4 Å². The van der Waals surface area contributed by atoms with Crippen LogP contribution in [0.4, 0.5) is 10.1 Å². The first-order chi connectivity index (χ1) is 18.0. The van der Waals surface area contributed by atoms with Crippen LogP contribution in [-0.4, -0.2) is 62.0 Å². The molecule has 0 saturated carbocycles. The van der Waals surface area contributed by atoms with E-state index in [2.05, 4.69) is 0 Å². The first-order valence-electron chi connectivity index (χ1n) is 12.4. The van der Waals surface area contributed by atoms with Gasteiger partial charge in [0, 0.05) is 38.3 Å². The van der Waals surface area contributed by atoms with Crippen molar-refractivity contribution in [1.29, 1.82) is 0 Å². The van der Waals surface area contributed by atoms with E-state index in [4.69, 9.17) is 9.47 Å². The predicted octanol–water partition coefficient (Wildman–Crippen LogP) is 4.28. The summed E-state index contributed by atoms with van der Waals surface area (Å²) in [6.07, 6.45) is 0.134. The molecule has 3 aromatic carbocycles. The number of benzene rings is 3. The molecule has 0 aromatic heterocycles. The highest BCUT2D eigenvalue weighted by Crippen LogP contribution is 2.37. The van der Waals surface area contributed by atoms with Gasteiger partial charge >= 0.3 is 0 Å². The third kappa shape index (κ3) is 4.83. The van der Waals surface area contributed by atoms with E-state index in [1.54, 1.807) is 42.2 Å². The van der Waals surface area contributed by atoms with Gasteiger partial charge in [-0.05, 0) is 41.5 Å². The van der Waals surface area contributed by atoms with Gasteiger partial charge in [-0.25, -0.2) is 4.39 Å². The third-order valence-electron chi connectivity index (χ3n) is 7.21. The molecule has 0 spiro atoms. The monoisotopic (exact) mass is 503 g/mol. The zero-order valence-electron chi connectivity index (χ0n) is 21.0. The molecule has 0 radical (unpaired) electrons. The summed E-state index contributed by atoms with van der Waals surface area (Å²) in [7, 11) is 3.13. The minimum Gasteiger partial charge on any atom is -0.493 e. The molecule has 0 N–H and O–H groups in total. The van der Waals surface area contributed by atoms with Crippen molar-refractivity contribution in [3.05, 3.63) is 89.2 Å². The highest BCUT2D eigenvalue weighted by molar-refractivity contribution is 5.99. The topological polar surface area (TPSA) is 62.3 Å². The van der Waals surface area contributed by atoms with Gasteiger partial charge in [-0.15, -0.1) is 0 Å². The van der Waals surface area contributed by atoms with Gasteiger partial charge in [0.05, 0.1) is 32.4 Å². The molecular weight excluding hydrogens is 473 g/mol. The fourth-order valence-corrected chi connectivity index (χ4v) is 5.20. The Morgan fingerprint density at radius 3 is 2.32 bits per heavy atom. The summed E-state index contributed by atoms with van der Waals surface area (Å²) in [5.41, 5.74) is 2.97. The van der Waals surface area contributed by atoms with E-state index < -0.39 is 6.04 Å². The lowest BCUT2D eigenvalue weighted by atomic mass is 10.00. The maximum atomic E-state index is 14.2. The standard InChI is InChI=1S/C29H30FN3O4/c1-36-26-12-11-20(17-27(26)37-2)25(33-19-21-7-3-4-8-22(21)29(33)35)18-28(34)32-15-13-31(14-16-32)24-10-6-5-9-23(24)30/h3-12,17,25H,13-16,18-19H2,1-2H3/t25-/m1/s1. The Morgan fingerprint density at radius 1 is 0.919 bits per heavy atom. The molecule has 1 atom stereocenters. The second-order valence-corrected chi connectivity index (χ2v) is 9.24. The molecule has 3 aromatic rings. The number of piperazine rings is 1. The van der Waals surface area contributed by atoms with Gasteiger partial charge in [-0.1, -0.05) is 36.4 Å². The number of amides is 2. The van der Waals surface area contributed by atoms with Crippen LogP contribution >= 0.6 is 0 Å². The smallest absolute Gasteiger partial charge is 0.255 e. The second kappa shape index (κ2) is 10.5. The van der Waals surface area contributed by atoms with Crippen molar-refractivity contribution in [2.45, 2.75) is 19.0 Å². The number of carbonyl (C=O) groups excluding carboxylic acids is 2. The Morgan fingerprint density at radius 2 is 1.62 bits per heavy atom. The number of para-hydroxylation sites is 1. The Balaban J connectivity index is 1.37. The van der Waals surface area contributed by atoms with Crippen LogP contribution in [0.3, 0.4) is 0 Å². The highest BCUT2D eigenvalue weighted by Gasteiger charge is 2.36. The van der Waals surface area contributed by atoms with Gasteiger partial charge in [0.25, 0.3) is 5.91 Å². The Bertz CT molecular complexity index is 1310. The fraction of sp³-hybridized carbons (Fsp3) is 0.310. The number of anilines is 1. The van der Waals surface area contributed by atoms with Crippen LogP contribution in [0.15, 0.2) is 66.7 Å². The van der Waals surface area contributed by atoms with Gasteiger partial charge in [0.1, 0.15) is 5.82 Å². The maximum absolute atomic E-state index is 14.2. The van der Waals surface area contributed by atoms with Crippen LogP contribution in [0.5, 0.6) is 11.5 Å². The van der Waals surface area contributed by atoms with Crippen molar-refractivity contribution in [2.24, 2.45) is 0 Å². The number of halogens is 1. The molecule has 7 nitrogen and oxygen atoms in total. The van der Waals surface area contributed by atoms with Gasteiger partial charge in [0.2, 0.25) is 5.91 Å². The van der Waals surface area contributed by atoms with Crippen LogP contribution in [0.25, 0.3) is 0 Å². The number of nitrogens with zero attached hydrogens (tertiary/aromatic N) is 3. The zero-order chi connectivity index (χ0) is 25.9. The van der Waals surface area contributed by atoms with E-state index in [9.17, 15) is 14.0 Å². The molecule has 37 heavy (non-hydrogen) atoms. The average Bonchev–Trinajstić information content (AvgIpc) is 3.27. The number of fused-ring (bicyclic) bond motifs is 1. The van der Waals surface area contributed by atoms with Crippen molar-refractivity contribution >= 4 is 17.5 Å². The van der Waals surface area contributed by atoms with Crippen molar-refractivity contribution in [1.82, 2.24) is 9.80 Å². The number of ether oxygens (including phenoxy) is 2. The molecule has 5 rings (SSSR count). The molecule has 2 heterocycles. The minimum atomic E-state index is -0.475. The third-order valence-corrected chi connectivity index (χ3v) is 7.21. The Kier molecular flexibility index (Phi) is 6.99. The molecule has 2 amide bonds. The van der Waals surface area contributed by atoms with Gasteiger partial charge in [-0.2, -0.15) is 0 Å². The lowest BCUT2D eigenvalue weighted by molar-refractivity contribution is -0.132. The van der Waals surface area contributed by atoms with E-state index in [1.165, 1.54) is 6.07 Å². The van der Waals surface area contributed by atoms with E-state index in [0.29, 0.717) is 55.5 Å². The van der Waals surface area contributed by atoms with Crippen molar-refractivity contribution in [3.63, 3.8) is 0 Å². The molecule has 1 fully saturated rings. The zero-order valence-corrected chi connectivity index (χ0v) is 21.0.